The zero-order valence-electron chi connectivity index (χ0n) is 11.0. The van der Waals surface area contributed by atoms with Crippen LogP contribution in [0.15, 0.2) is 29.8 Å². The Morgan fingerprint density at radius 3 is 2.78 bits per heavy atom. The monoisotopic (exact) mass is 249 g/mol. The standard InChI is InChI=1S/C14H19NO3/c1-4-10(3)14(17)15-12-6-7-13(18-5-2)11(8-12)9-16/h4,6-8,16H,5,9H2,1-3H3,(H,15,17)/b10-4+. The van der Waals surface area contributed by atoms with Crippen LogP contribution in [0.25, 0.3) is 0 Å². The van der Waals surface area contributed by atoms with Crippen molar-refractivity contribution in [1.29, 1.82) is 0 Å². The van der Waals surface area contributed by atoms with E-state index < -0.39 is 0 Å². The fraction of sp³-hybridized carbons (Fsp3) is 0.357. The first kappa shape index (κ1) is 14.3. The van der Waals surface area contributed by atoms with Crippen molar-refractivity contribution < 1.29 is 14.6 Å². The molecule has 1 rings (SSSR count). The van der Waals surface area contributed by atoms with Crippen LogP contribution in [0.4, 0.5) is 5.69 Å². The Morgan fingerprint density at radius 1 is 1.50 bits per heavy atom. The summed E-state index contributed by atoms with van der Waals surface area (Å²) in [6.45, 7) is 5.85. The van der Waals surface area contributed by atoms with Gasteiger partial charge in [-0.25, -0.2) is 0 Å². The Balaban J connectivity index is 2.89. The van der Waals surface area contributed by atoms with Crippen molar-refractivity contribution in [2.24, 2.45) is 0 Å². The highest BCUT2D eigenvalue weighted by molar-refractivity contribution is 6.03. The second-order valence-electron chi connectivity index (χ2n) is 3.84. The summed E-state index contributed by atoms with van der Waals surface area (Å²) >= 11 is 0. The van der Waals surface area contributed by atoms with Gasteiger partial charge in [-0.05, 0) is 39.0 Å². The SMILES string of the molecule is C/C=C(\C)C(=O)Nc1ccc(OCC)c(CO)c1. The van der Waals surface area contributed by atoms with Gasteiger partial charge >= 0.3 is 0 Å². The van der Waals surface area contributed by atoms with Crippen LogP contribution in [-0.4, -0.2) is 17.6 Å². The van der Waals surface area contributed by atoms with Crippen molar-refractivity contribution in [3.63, 3.8) is 0 Å². The Labute approximate surface area is 107 Å². The predicted octanol–water partition coefficient (Wildman–Crippen LogP) is 2.48. The summed E-state index contributed by atoms with van der Waals surface area (Å²) in [5, 5.41) is 12.0. The van der Waals surface area contributed by atoms with E-state index in [0.29, 0.717) is 29.2 Å². The molecule has 98 valence electrons. The van der Waals surface area contributed by atoms with Gasteiger partial charge in [-0.1, -0.05) is 6.08 Å². The number of anilines is 1. The van der Waals surface area contributed by atoms with Gasteiger partial charge < -0.3 is 15.2 Å². The molecule has 1 amide bonds. The fourth-order valence-corrected chi connectivity index (χ4v) is 1.44. The van der Waals surface area contributed by atoms with Crippen molar-refractivity contribution in [3.8, 4) is 5.75 Å². The zero-order valence-corrected chi connectivity index (χ0v) is 11.0. The van der Waals surface area contributed by atoms with Crippen LogP contribution in [0.5, 0.6) is 5.75 Å². The number of ether oxygens (including phenoxy) is 1. The molecule has 0 fully saturated rings. The van der Waals surface area contributed by atoms with Crippen molar-refractivity contribution in [2.75, 3.05) is 11.9 Å². The van der Waals surface area contributed by atoms with E-state index in [1.165, 1.54) is 0 Å². The Bertz CT molecular complexity index is 452. The van der Waals surface area contributed by atoms with Gasteiger partial charge in [0.15, 0.2) is 0 Å². The topological polar surface area (TPSA) is 58.6 Å². The predicted molar refractivity (Wildman–Crippen MR) is 71.6 cm³/mol. The molecule has 4 heteroatoms. The number of benzene rings is 1. The molecule has 0 heterocycles. The maximum atomic E-state index is 11.7. The third kappa shape index (κ3) is 3.60. The van der Waals surface area contributed by atoms with Crippen molar-refractivity contribution in [3.05, 3.63) is 35.4 Å². The van der Waals surface area contributed by atoms with Gasteiger partial charge in [0.1, 0.15) is 5.75 Å². The molecule has 2 N–H and O–H groups in total. The number of nitrogens with one attached hydrogen (secondary N) is 1. The van der Waals surface area contributed by atoms with Crippen LogP contribution >= 0.6 is 0 Å². The van der Waals surface area contributed by atoms with E-state index in [2.05, 4.69) is 5.32 Å². The highest BCUT2D eigenvalue weighted by atomic mass is 16.5. The van der Waals surface area contributed by atoms with Crippen LogP contribution in [-0.2, 0) is 11.4 Å². The number of amides is 1. The zero-order chi connectivity index (χ0) is 13.5. The van der Waals surface area contributed by atoms with E-state index in [4.69, 9.17) is 4.74 Å². The molecule has 18 heavy (non-hydrogen) atoms. The Morgan fingerprint density at radius 2 is 2.22 bits per heavy atom. The van der Waals surface area contributed by atoms with Crippen LogP contribution < -0.4 is 10.1 Å². The van der Waals surface area contributed by atoms with Crippen molar-refractivity contribution in [1.82, 2.24) is 0 Å². The minimum atomic E-state index is -0.148. The van der Waals surface area contributed by atoms with Crippen LogP contribution in [0, 0.1) is 0 Å². The molecule has 0 radical (unpaired) electrons. The molecular weight excluding hydrogens is 230 g/mol. The maximum absolute atomic E-state index is 11.7. The molecule has 0 aliphatic rings. The Hall–Kier alpha value is -1.81. The van der Waals surface area contributed by atoms with Gasteiger partial charge in [-0.2, -0.15) is 0 Å². The molecule has 0 bridgehead atoms. The lowest BCUT2D eigenvalue weighted by atomic mass is 10.1. The summed E-state index contributed by atoms with van der Waals surface area (Å²) in [4.78, 5) is 11.7. The lowest BCUT2D eigenvalue weighted by Gasteiger charge is -2.11. The first-order valence-corrected chi connectivity index (χ1v) is 5.93. The van der Waals surface area contributed by atoms with E-state index in [-0.39, 0.29) is 12.5 Å². The second-order valence-corrected chi connectivity index (χ2v) is 3.84. The third-order valence-corrected chi connectivity index (χ3v) is 2.58. The van der Waals surface area contributed by atoms with Crippen molar-refractivity contribution >= 4 is 11.6 Å². The lowest BCUT2D eigenvalue weighted by Crippen LogP contribution is -2.12. The Kier molecular flexibility index (Phi) is 5.39. The summed E-state index contributed by atoms with van der Waals surface area (Å²) in [5.74, 6) is 0.492. The van der Waals surface area contributed by atoms with Gasteiger partial charge in [0.2, 0.25) is 0 Å². The normalized spacial score (nSPS) is 11.2. The maximum Gasteiger partial charge on any atom is 0.250 e. The number of aliphatic hydroxyl groups is 1. The summed E-state index contributed by atoms with van der Waals surface area (Å²) in [7, 11) is 0. The largest absolute Gasteiger partial charge is 0.494 e. The molecule has 0 atom stereocenters. The van der Waals surface area contributed by atoms with Gasteiger partial charge in [0, 0.05) is 16.8 Å². The molecule has 0 saturated heterocycles. The number of hydrogen-bond acceptors (Lipinski definition) is 3. The number of carbonyl (C=O) groups is 1. The number of allylic oxidation sites excluding steroid dienone is 1. The van der Waals surface area contributed by atoms with Crippen LogP contribution in [0.1, 0.15) is 26.3 Å². The second kappa shape index (κ2) is 6.81. The van der Waals surface area contributed by atoms with E-state index in [1.54, 1.807) is 31.2 Å². The number of rotatable bonds is 5. The molecule has 0 spiro atoms. The fourth-order valence-electron chi connectivity index (χ4n) is 1.44. The van der Waals surface area contributed by atoms with Crippen LogP contribution in [0.3, 0.4) is 0 Å². The lowest BCUT2D eigenvalue weighted by molar-refractivity contribution is -0.112. The minimum Gasteiger partial charge on any atom is -0.494 e. The summed E-state index contributed by atoms with van der Waals surface area (Å²) in [6, 6.07) is 5.21. The summed E-state index contributed by atoms with van der Waals surface area (Å²) in [5.41, 5.74) is 1.95. The average molecular weight is 249 g/mol. The summed E-state index contributed by atoms with van der Waals surface area (Å²) in [6.07, 6.45) is 1.75. The van der Waals surface area contributed by atoms with Gasteiger partial charge in [-0.15, -0.1) is 0 Å². The molecule has 0 saturated carbocycles. The quantitative estimate of drug-likeness (QED) is 0.788. The highest BCUT2D eigenvalue weighted by Gasteiger charge is 2.07. The number of aliphatic hydroxyl groups excluding tert-OH is 1. The molecule has 0 aliphatic heterocycles. The molecule has 0 aliphatic carbocycles. The number of hydrogen-bond donors (Lipinski definition) is 2. The van der Waals surface area contributed by atoms with E-state index in [1.807, 2.05) is 13.8 Å². The molecule has 0 unspecified atom stereocenters. The van der Waals surface area contributed by atoms with Gasteiger partial charge in [0.25, 0.3) is 5.91 Å². The smallest absolute Gasteiger partial charge is 0.250 e. The van der Waals surface area contributed by atoms with E-state index >= 15 is 0 Å². The average Bonchev–Trinajstić information content (AvgIpc) is 2.39. The van der Waals surface area contributed by atoms with Crippen molar-refractivity contribution in [2.45, 2.75) is 27.4 Å². The van der Waals surface area contributed by atoms with Gasteiger partial charge in [0.05, 0.1) is 13.2 Å². The highest BCUT2D eigenvalue weighted by Crippen LogP contribution is 2.23. The summed E-state index contributed by atoms with van der Waals surface area (Å²) < 4.78 is 5.37. The molecule has 1 aromatic carbocycles. The third-order valence-electron chi connectivity index (χ3n) is 2.58. The molecule has 1 aromatic rings. The van der Waals surface area contributed by atoms with Crippen LogP contribution in [0.2, 0.25) is 0 Å². The minimum absolute atomic E-state index is 0.123. The number of carbonyl (C=O) groups excluding carboxylic acids is 1. The molecule has 0 aromatic heterocycles. The van der Waals surface area contributed by atoms with E-state index in [9.17, 15) is 9.90 Å². The van der Waals surface area contributed by atoms with Gasteiger partial charge in [-0.3, -0.25) is 4.79 Å². The first-order chi connectivity index (χ1) is 8.62. The van der Waals surface area contributed by atoms with E-state index in [0.717, 1.165) is 0 Å². The molecule has 4 nitrogen and oxygen atoms in total. The first-order valence-electron chi connectivity index (χ1n) is 5.93. The molecular formula is C14H19NO3.